The maximum atomic E-state index is 11.2. The molecule has 0 aliphatic heterocycles. The summed E-state index contributed by atoms with van der Waals surface area (Å²) in [6.07, 6.45) is 3.55. The molecule has 1 aliphatic rings. The number of hydrogen-bond acceptors (Lipinski definition) is 4. The molecular formula is C13H23N3O2. The number of nitriles is 1. The average Bonchev–Trinajstić information content (AvgIpc) is 2.31. The van der Waals surface area contributed by atoms with Gasteiger partial charge in [-0.05, 0) is 31.1 Å². The van der Waals surface area contributed by atoms with Gasteiger partial charge in [-0.15, -0.1) is 0 Å². The van der Waals surface area contributed by atoms with E-state index >= 15 is 0 Å². The topological polar surface area (TPSA) is 85.2 Å². The number of amides is 1. The summed E-state index contributed by atoms with van der Waals surface area (Å²) in [5, 5.41) is 24.1. The summed E-state index contributed by atoms with van der Waals surface area (Å²) in [7, 11) is 0. The summed E-state index contributed by atoms with van der Waals surface area (Å²) >= 11 is 0. The van der Waals surface area contributed by atoms with E-state index in [0.717, 1.165) is 25.7 Å². The van der Waals surface area contributed by atoms with Gasteiger partial charge in [0, 0.05) is 6.54 Å². The summed E-state index contributed by atoms with van der Waals surface area (Å²) in [5.74, 6) is -0.212. The standard InChI is InChI=1S/C13H23N3O2/c1-12(2)3-5-13(18,6-4-12)10-15-9-11(17)16-8-7-14/h15,18H,3-6,8-10H2,1-2H3,(H,16,17). The van der Waals surface area contributed by atoms with Crippen LogP contribution in [-0.2, 0) is 4.79 Å². The summed E-state index contributed by atoms with van der Waals surface area (Å²) in [5.41, 5.74) is -0.374. The molecule has 102 valence electrons. The van der Waals surface area contributed by atoms with Crippen LogP contribution in [0.2, 0.25) is 0 Å². The number of hydrogen-bond donors (Lipinski definition) is 3. The third-order valence-electron chi connectivity index (χ3n) is 3.64. The normalized spacial score (nSPS) is 21.0. The molecule has 5 nitrogen and oxygen atoms in total. The summed E-state index contributed by atoms with van der Waals surface area (Å²) in [6, 6.07) is 1.85. The zero-order chi connectivity index (χ0) is 13.6. The molecule has 0 spiro atoms. The Morgan fingerprint density at radius 2 is 1.94 bits per heavy atom. The van der Waals surface area contributed by atoms with Crippen LogP contribution in [0.4, 0.5) is 0 Å². The van der Waals surface area contributed by atoms with E-state index in [2.05, 4.69) is 24.5 Å². The van der Waals surface area contributed by atoms with Crippen molar-refractivity contribution in [3.05, 3.63) is 0 Å². The molecule has 0 bridgehead atoms. The van der Waals surface area contributed by atoms with Crippen molar-refractivity contribution in [2.45, 2.75) is 45.1 Å². The van der Waals surface area contributed by atoms with Crippen LogP contribution in [0.5, 0.6) is 0 Å². The number of carbonyl (C=O) groups excluding carboxylic acids is 1. The molecule has 5 heteroatoms. The lowest BCUT2D eigenvalue weighted by molar-refractivity contribution is -0.120. The van der Waals surface area contributed by atoms with Crippen LogP contribution in [0.3, 0.4) is 0 Å². The molecule has 0 heterocycles. The number of nitrogens with zero attached hydrogens (tertiary/aromatic N) is 1. The highest BCUT2D eigenvalue weighted by Crippen LogP contribution is 2.39. The second-order valence-electron chi connectivity index (χ2n) is 5.93. The molecule has 0 saturated heterocycles. The third-order valence-corrected chi connectivity index (χ3v) is 3.64. The van der Waals surface area contributed by atoms with Crippen LogP contribution >= 0.6 is 0 Å². The van der Waals surface area contributed by atoms with Gasteiger partial charge >= 0.3 is 0 Å². The lowest BCUT2D eigenvalue weighted by Crippen LogP contribution is -2.47. The van der Waals surface area contributed by atoms with E-state index in [4.69, 9.17) is 5.26 Å². The average molecular weight is 253 g/mol. The van der Waals surface area contributed by atoms with E-state index < -0.39 is 5.60 Å². The van der Waals surface area contributed by atoms with Crippen LogP contribution in [0.1, 0.15) is 39.5 Å². The highest BCUT2D eigenvalue weighted by molar-refractivity contribution is 5.78. The van der Waals surface area contributed by atoms with Gasteiger partial charge in [-0.1, -0.05) is 13.8 Å². The molecular weight excluding hydrogens is 230 g/mol. The van der Waals surface area contributed by atoms with Crippen LogP contribution in [0, 0.1) is 16.7 Å². The fourth-order valence-electron chi connectivity index (χ4n) is 2.18. The Bertz CT molecular complexity index is 324. The van der Waals surface area contributed by atoms with E-state index in [1.165, 1.54) is 0 Å². The van der Waals surface area contributed by atoms with Crippen molar-refractivity contribution in [2.24, 2.45) is 5.41 Å². The van der Waals surface area contributed by atoms with Crippen LogP contribution in [0.25, 0.3) is 0 Å². The summed E-state index contributed by atoms with van der Waals surface area (Å²) in [6.45, 7) is 5.04. The first-order chi connectivity index (χ1) is 8.37. The van der Waals surface area contributed by atoms with Gasteiger partial charge in [-0.3, -0.25) is 4.79 Å². The van der Waals surface area contributed by atoms with E-state index in [0.29, 0.717) is 12.0 Å². The quantitative estimate of drug-likeness (QED) is 0.625. The van der Waals surface area contributed by atoms with Crippen molar-refractivity contribution in [2.75, 3.05) is 19.6 Å². The highest BCUT2D eigenvalue weighted by atomic mass is 16.3. The van der Waals surface area contributed by atoms with Crippen molar-refractivity contribution < 1.29 is 9.90 Å². The molecule has 18 heavy (non-hydrogen) atoms. The Morgan fingerprint density at radius 3 is 2.50 bits per heavy atom. The molecule has 0 atom stereocenters. The number of nitrogens with one attached hydrogen (secondary N) is 2. The maximum Gasteiger partial charge on any atom is 0.234 e. The minimum absolute atomic E-state index is 0.0268. The van der Waals surface area contributed by atoms with E-state index in [9.17, 15) is 9.90 Å². The monoisotopic (exact) mass is 253 g/mol. The van der Waals surface area contributed by atoms with Crippen molar-refractivity contribution in [1.29, 1.82) is 5.26 Å². The van der Waals surface area contributed by atoms with Gasteiger partial charge < -0.3 is 15.7 Å². The summed E-state index contributed by atoms with van der Waals surface area (Å²) < 4.78 is 0. The number of rotatable bonds is 5. The van der Waals surface area contributed by atoms with Gasteiger partial charge in [0.15, 0.2) is 0 Å². The van der Waals surface area contributed by atoms with Crippen molar-refractivity contribution in [1.82, 2.24) is 10.6 Å². The molecule has 1 saturated carbocycles. The Hall–Kier alpha value is -1.12. The van der Waals surface area contributed by atoms with Crippen LogP contribution < -0.4 is 10.6 Å². The second kappa shape index (κ2) is 6.17. The lowest BCUT2D eigenvalue weighted by atomic mass is 9.71. The first-order valence-electron chi connectivity index (χ1n) is 6.44. The lowest BCUT2D eigenvalue weighted by Gasteiger charge is -2.40. The largest absolute Gasteiger partial charge is 0.389 e. The molecule has 1 aliphatic carbocycles. The second-order valence-corrected chi connectivity index (χ2v) is 5.93. The smallest absolute Gasteiger partial charge is 0.234 e. The molecule has 0 aromatic rings. The van der Waals surface area contributed by atoms with Crippen molar-refractivity contribution >= 4 is 5.91 Å². The van der Waals surface area contributed by atoms with Crippen LogP contribution in [-0.4, -0.2) is 36.2 Å². The van der Waals surface area contributed by atoms with Crippen LogP contribution in [0.15, 0.2) is 0 Å². The van der Waals surface area contributed by atoms with E-state index in [1.807, 2.05) is 6.07 Å². The molecule has 3 N–H and O–H groups in total. The number of carbonyl (C=O) groups is 1. The fourth-order valence-corrected chi connectivity index (χ4v) is 2.18. The Balaban J connectivity index is 2.23. The maximum absolute atomic E-state index is 11.2. The molecule has 0 aromatic heterocycles. The first kappa shape index (κ1) is 14.9. The Morgan fingerprint density at radius 1 is 1.33 bits per heavy atom. The number of aliphatic hydroxyl groups is 1. The minimum atomic E-state index is -0.689. The zero-order valence-electron chi connectivity index (χ0n) is 11.3. The van der Waals surface area contributed by atoms with Crippen molar-refractivity contribution in [3.8, 4) is 6.07 Å². The van der Waals surface area contributed by atoms with Gasteiger partial charge in [0.25, 0.3) is 0 Å². The molecule has 0 unspecified atom stereocenters. The molecule has 1 fully saturated rings. The predicted octanol–water partition coefficient (Wildman–Crippen LogP) is 0.547. The molecule has 0 radical (unpaired) electrons. The van der Waals surface area contributed by atoms with Gasteiger partial charge in [0.05, 0.1) is 18.2 Å². The van der Waals surface area contributed by atoms with Crippen molar-refractivity contribution in [3.63, 3.8) is 0 Å². The van der Waals surface area contributed by atoms with E-state index in [1.54, 1.807) is 0 Å². The van der Waals surface area contributed by atoms with Gasteiger partial charge in [0.2, 0.25) is 5.91 Å². The first-order valence-corrected chi connectivity index (χ1v) is 6.44. The van der Waals surface area contributed by atoms with Gasteiger partial charge in [-0.25, -0.2) is 0 Å². The van der Waals surface area contributed by atoms with Gasteiger partial charge in [-0.2, -0.15) is 5.26 Å². The fraction of sp³-hybridized carbons (Fsp3) is 0.846. The highest BCUT2D eigenvalue weighted by Gasteiger charge is 2.36. The molecule has 0 aromatic carbocycles. The van der Waals surface area contributed by atoms with E-state index in [-0.39, 0.29) is 19.0 Å². The minimum Gasteiger partial charge on any atom is -0.389 e. The Kier molecular flexibility index (Phi) is 5.12. The van der Waals surface area contributed by atoms with Gasteiger partial charge in [0.1, 0.15) is 6.54 Å². The third kappa shape index (κ3) is 5.03. The zero-order valence-corrected chi connectivity index (χ0v) is 11.3. The summed E-state index contributed by atoms with van der Waals surface area (Å²) in [4.78, 5) is 11.2. The Labute approximate surface area is 109 Å². The predicted molar refractivity (Wildman–Crippen MR) is 68.7 cm³/mol. The molecule has 1 amide bonds. The SMILES string of the molecule is CC1(C)CCC(O)(CNCC(=O)NCC#N)CC1. The molecule has 1 rings (SSSR count).